The molecule has 0 amide bonds. The molecule has 0 N–H and O–H groups in total. The van der Waals surface area contributed by atoms with Gasteiger partial charge in [0.2, 0.25) is 0 Å². The van der Waals surface area contributed by atoms with Gasteiger partial charge < -0.3 is 9.13 Å². The fourth-order valence-electron chi connectivity index (χ4n) is 8.02. The minimum atomic E-state index is 0.974. The molecule has 218 valence electrons. The van der Waals surface area contributed by atoms with Crippen molar-refractivity contribution in [3.05, 3.63) is 158 Å². The maximum Gasteiger partial charge on any atom is 0.138 e. The maximum atomic E-state index is 5.13. The van der Waals surface area contributed by atoms with Gasteiger partial charge in [-0.3, -0.25) is 4.40 Å². The first-order valence-corrected chi connectivity index (χ1v) is 16.1. The van der Waals surface area contributed by atoms with E-state index in [1.807, 2.05) is 0 Å². The molecule has 0 radical (unpaired) electrons. The first kappa shape index (κ1) is 24.9. The smallest absolute Gasteiger partial charge is 0.138 e. The zero-order chi connectivity index (χ0) is 30.6. The van der Waals surface area contributed by atoms with Crippen molar-refractivity contribution in [3.63, 3.8) is 0 Å². The van der Waals surface area contributed by atoms with Crippen LogP contribution in [0, 0.1) is 0 Å². The summed E-state index contributed by atoms with van der Waals surface area (Å²) in [4.78, 5) is 5.13. The Labute approximate surface area is 269 Å². The molecule has 11 rings (SSSR count). The van der Waals surface area contributed by atoms with Crippen LogP contribution in [0.5, 0.6) is 0 Å². The lowest BCUT2D eigenvalue weighted by Gasteiger charge is -2.11. The molecule has 0 bridgehead atoms. The van der Waals surface area contributed by atoms with Gasteiger partial charge in [-0.2, -0.15) is 0 Å². The molecule has 0 atom stereocenters. The zero-order valence-electron chi connectivity index (χ0n) is 25.3. The van der Waals surface area contributed by atoms with Crippen LogP contribution in [0.3, 0.4) is 0 Å². The summed E-state index contributed by atoms with van der Waals surface area (Å²) >= 11 is 0. The second kappa shape index (κ2) is 9.09. The normalized spacial score (nSPS) is 12.3. The van der Waals surface area contributed by atoms with E-state index >= 15 is 0 Å². The first-order valence-electron chi connectivity index (χ1n) is 16.1. The van der Waals surface area contributed by atoms with Gasteiger partial charge in [-0.25, -0.2) is 4.98 Å². The molecule has 4 nitrogen and oxygen atoms in total. The van der Waals surface area contributed by atoms with Crippen LogP contribution in [-0.4, -0.2) is 18.5 Å². The SMILES string of the molecule is c1ccc(-c2nc3cccc4c5ccc(-n6c7ccccc7c7ccc(-n8c9ccccc9c9ccccc98)cc76)cc5c2n34)cc1. The second-order valence-corrected chi connectivity index (χ2v) is 12.4. The molecule has 0 aliphatic rings. The number of benzene rings is 6. The molecule has 0 aliphatic carbocycles. The number of pyridine rings is 1. The highest BCUT2D eigenvalue weighted by atomic mass is 15.0. The summed E-state index contributed by atoms with van der Waals surface area (Å²) in [5.74, 6) is 0. The number of hydrogen-bond donors (Lipinski definition) is 0. The molecule has 6 aromatic carbocycles. The fraction of sp³-hybridized carbons (Fsp3) is 0. The number of para-hydroxylation sites is 3. The van der Waals surface area contributed by atoms with Crippen LogP contribution < -0.4 is 0 Å². The molecule has 0 aliphatic heterocycles. The number of nitrogens with zero attached hydrogens (tertiary/aromatic N) is 4. The van der Waals surface area contributed by atoms with Crippen molar-refractivity contribution in [1.82, 2.24) is 18.5 Å². The number of hydrogen-bond acceptors (Lipinski definition) is 1. The summed E-state index contributed by atoms with van der Waals surface area (Å²) in [7, 11) is 0. The fourth-order valence-corrected chi connectivity index (χ4v) is 8.02. The predicted molar refractivity (Wildman–Crippen MR) is 196 cm³/mol. The number of imidazole rings is 1. The average Bonchev–Trinajstić information content (AvgIpc) is 3.87. The highest BCUT2D eigenvalue weighted by Crippen LogP contribution is 2.40. The van der Waals surface area contributed by atoms with Gasteiger partial charge in [0.15, 0.2) is 0 Å². The van der Waals surface area contributed by atoms with Gasteiger partial charge in [-0.1, -0.05) is 103 Å². The van der Waals surface area contributed by atoms with Crippen molar-refractivity contribution < 1.29 is 0 Å². The Kier molecular flexibility index (Phi) is 4.81. The van der Waals surface area contributed by atoms with E-state index in [9.17, 15) is 0 Å². The Balaban J connectivity index is 1.23. The molecule has 0 saturated heterocycles. The van der Waals surface area contributed by atoms with Crippen LogP contribution in [0.1, 0.15) is 0 Å². The lowest BCUT2D eigenvalue weighted by atomic mass is 10.1. The third-order valence-corrected chi connectivity index (χ3v) is 9.98. The molecule has 5 aromatic heterocycles. The van der Waals surface area contributed by atoms with Gasteiger partial charge in [-0.15, -0.1) is 0 Å². The molecule has 47 heavy (non-hydrogen) atoms. The van der Waals surface area contributed by atoms with Crippen LogP contribution in [0.25, 0.3) is 93.7 Å². The topological polar surface area (TPSA) is 27.2 Å². The molecule has 0 saturated carbocycles. The molecular weight excluding hydrogens is 573 g/mol. The van der Waals surface area contributed by atoms with Crippen LogP contribution in [0.4, 0.5) is 0 Å². The van der Waals surface area contributed by atoms with Gasteiger partial charge in [-0.05, 0) is 54.6 Å². The monoisotopic (exact) mass is 598 g/mol. The summed E-state index contributed by atoms with van der Waals surface area (Å²) in [6.45, 7) is 0. The van der Waals surface area contributed by atoms with E-state index in [-0.39, 0.29) is 0 Å². The summed E-state index contributed by atoms with van der Waals surface area (Å²) in [5.41, 5.74) is 12.5. The van der Waals surface area contributed by atoms with Crippen molar-refractivity contribution in [3.8, 4) is 22.6 Å². The maximum absolute atomic E-state index is 5.13. The molecule has 4 heteroatoms. The summed E-state index contributed by atoms with van der Waals surface area (Å²) < 4.78 is 7.16. The first-order chi connectivity index (χ1) is 23.3. The number of fused-ring (bicyclic) bond motifs is 9. The Morgan fingerprint density at radius 2 is 0.872 bits per heavy atom. The largest absolute Gasteiger partial charge is 0.309 e. The quantitative estimate of drug-likeness (QED) is 0.199. The van der Waals surface area contributed by atoms with Gasteiger partial charge in [0.1, 0.15) is 5.65 Å². The van der Waals surface area contributed by atoms with E-state index in [2.05, 4.69) is 171 Å². The van der Waals surface area contributed by atoms with Gasteiger partial charge in [0.25, 0.3) is 0 Å². The van der Waals surface area contributed by atoms with Gasteiger partial charge in [0, 0.05) is 49.3 Å². The van der Waals surface area contributed by atoms with Crippen LogP contribution in [-0.2, 0) is 0 Å². The summed E-state index contributed by atoms with van der Waals surface area (Å²) in [5, 5.41) is 7.47. The van der Waals surface area contributed by atoms with Gasteiger partial charge in [0.05, 0.1) is 38.8 Å². The summed E-state index contributed by atoms with van der Waals surface area (Å²) in [6.07, 6.45) is 0. The minimum absolute atomic E-state index is 0.974. The van der Waals surface area contributed by atoms with E-state index in [1.54, 1.807) is 0 Å². The van der Waals surface area contributed by atoms with E-state index in [0.29, 0.717) is 0 Å². The Morgan fingerprint density at radius 3 is 1.53 bits per heavy atom. The molecule has 0 fully saturated rings. The van der Waals surface area contributed by atoms with E-state index < -0.39 is 0 Å². The molecule has 0 unspecified atom stereocenters. The minimum Gasteiger partial charge on any atom is -0.309 e. The lowest BCUT2D eigenvalue weighted by molar-refractivity contribution is 1.16. The molecule has 11 aromatic rings. The molecule has 5 heterocycles. The highest BCUT2D eigenvalue weighted by Gasteiger charge is 2.21. The standard InChI is InChI=1S/C43H26N4/c1-2-11-27(12-3-1)42-43-35-25-28(21-24-34(35)39-19-10-20-41(44-42)47(39)43)46-38-18-9-6-15-32(38)33-23-22-29(26-40(33)46)45-36-16-7-4-13-30(36)31-14-5-8-17-37(31)45/h1-26H. The van der Waals surface area contributed by atoms with E-state index in [1.165, 1.54) is 59.9 Å². The number of rotatable bonds is 3. The van der Waals surface area contributed by atoms with Crippen LogP contribution >= 0.6 is 0 Å². The van der Waals surface area contributed by atoms with E-state index in [0.717, 1.165) is 33.8 Å². The molecule has 0 spiro atoms. The lowest BCUT2D eigenvalue weighted by Crippen LogP contribution is -1.97. The Hall–Kier alpha value is -6.39. The van der Waals surface area contributed by atoms with Crippen LogP contribution in [0.2, 0.25) is 0 Å². The average molecular weight is 599 g/mol. The second-order valence-electron chi connectivity index (χ2n) is 12.4. The predicted octanol–water partition coefficient (Wildman–Crippen LogP) is 10.9. The van der Waals surface area contributed by atoms with Crippen molar-refractivity contribution in [1.29, 1.82) is 0 Å². The van der Waals surface area contributed by atoms with Crippen molar-refractivity contribution in [2.45, 2.75) is 0 Å². The Bertz CT molecular complexity index is 2960. The van der Waals surface area contributed by atoms with Crippen molar-refractivity contribution in [2.24, 2.45) is 0 Å². The number of aromatic nitrogens is 4. The van der Waals surface area contributed by atoms with E-state index in [4.69, 9.17) is 4.98 Å². The third-order valence-electron chi connectivity index (χ3n) is 9.98. The highest BCUT2D eigenvalue weighted by molar-refractivity contribution is 6.16. The van der Waals surface area contributed by atoms with Crippen LogP contribution in [0.15, 0.2) is 158 Å². The van der Waals surface area contributed by atoms with Crippen molar-refractivity contribution in [2.75, 3.05) is 0 Å². The zero-order valence-corrected chi connectivity index (χ0v) is 25.3. The molecular formula is C43H26N4. The Morgan fingerprint density at radius 1 is 0.362 bits per heavy atom. The van der Waals surface area contributed by atoms with Gasteiger partial charge >= 0.3 is 0 Å². The summed E-state index contributed by atoms with van der Waals surface area (Å²) in [6, 6.07) is 57.0. The third kappa shape index (κ3) is 3.28. The van der Waals surface area contributed by atoms with Crippen molar-refractivity contribution >= 4 is 71.1 Å².